The fourth-order valence-electron chi connectivity index (χ4n) is 3.53. The summed E-state index contributed by atoms with van der Waals surface area (Å²) in [6.45, 7) is 2.41. The van der Waals surface area contributed by atoms with Crippen LogP contribution in [0, 0.1) is 0 Å². The van der Waals surface area contributed by atoms with Gasteiger partial charge in [0.25, 0.3) is 5.56 Å². The Morgan fingerprint density at radius 3 is 2.72 bits per heavy atom. The van der Waals surface area contributed by atoms with E-state index in [0.29, 0.717) is 37.4 Å². The first-order valence-electron chi connectivity index (χ1n) is 10.7. The second-order valence-corrected chi connectivity index (χ2v) is 7.50. The zero-order valence-corrected chi connectivity index (χ0v) is 17.9. The molecule has 0 saturated carbocycles. The van der Waals surface area contributed by atoms with Gasteiger partial charge in [-0.15, -0.1) is 0 Å². The number of aromatic amines is 1. The molecule has 0 atom stereocenters. The molecule has 4 aromatic rings. The van der Waals surface area contributed by atoms with E-state index in [-0.39, 0.29) is 11.5 Å². The molecule has 32 heavy (non-hydrogen) atoms. The number of H-pyrrole nitrogens is 1. The van der Waals surface area contributed by atoms with Crippen molar-refractivity contribution in [1.82, 2.24) is 9.97 Å². The van der Waals surface area contributed by atoms with Crippen molar-refractivity contribution < 1.29 is 9.53 Å². The van der Waals surface area contributed by atoms with Crippen LogP contribution in [0.15, 0.2) is 77.6 Å². The zero-order chi connectivity index (χ0) is 22.3. The zero-order valence-electron chi connectivity index (χ0n) is 17.9. The van der Waals surface area contributed by atoms with Crippen LogP contribution in [0.5, 0.6) is 5.75 Å². The van der Waals surface area contributed by atoms with Gasteiger partial charge in [0.1, 0.15) is 11.6 Å². The smallest absolute Gasteiger partial charge is 0.251 e. The second kappa shape index (κ2) is 9.92. The highest BCUT2D eigenvalue weighted by Gasteiger charge is 2.08. The molecule has 0 saturated heterocycles. The van der Waals surface area contributed by atoms with Crippen molar-refractivity contribution >= 4 is 22.4 Å². The predicted molar refractivity (Wildman–Crippen MR) is 127 cm³/mol. The maximum Gasteiger partial charge on any atom is 0.251 e. The summed E-state index contributed by atoms with van der Waals surface area (Å²) < 4.78 is 5.91. The van der Waals surface area contributed by atoms with Gasteiger partial charge in [0.05, 0.1) is 6.61 Å². The molecule has 1 amide bonds. The fraction of sp³-hybridized carbons (Fsp3) is 0.192. The molecule has 1 aromatic heterocycles. The van der Waals surface area contributed by atoms with Gasteiger partial charge in [-0.05, 0) is 36.4 Å². The molecule has 0 spiro atoms. The quantitative estimate of drug-likeness (QED) is 0.390. The molecule has 0 bridgehead atoms. The number of fused-ring (bicyclic) bond motifs is 1. The average Bonchev–Trinajstić information content (AvgIpc) is 2.81. The lowest BCUT2D eigenvalue weighted by Crippen LogP contribution is -2.13. The third kappa shape index (κ3) is 5.21. The van der Waals surface area contributed by atoms with Crippen LogP contribution in [0.25, 0.3) is 22.2 Å². The number of ether oxygens (including phenoxy) is 1. The van der Waals surface area contributed by atoms with E-state index in [0.717, 1.165) is 27.8 Å². The molecule has 3 aromatic carbocycles. The molecule has 6 nitrogen and oxygen atoms in total. The Hall–Kier alpha value is -3.93. The lowest BCUT2D eigenvalue weighted by atomic mass is 10.1. The van der Waals surface area contributed by atoms with Gasteiger partial charge < -0.3 is 15.0 Å². The van der Waals surface area contributed by atoms with Crippen LogP contribution in [-0.2, 0) is 11.2 Å². The van der Waals surface area contributed by atoms with Crippen LogP contribution in [0.1, 0.15) is 25.5 Å². The standard InChI is InChI=1S/C26H25N3O3/c1-2-20-17-25(31)29-26(28-20)19-10-5-11-21(16-19)27-24(30)14-7-15-32-23-13-6-9-18-8-3-4-12-22(18)23/h3-6,8-13,16-17H,2,7,14-15H2,1H3,(H,27,30)(H,28,29,31). The Morgan fingerprint density at radius 2 is 1.84 bits per heavy atom. The first-order valence-corrected chi connectivity index (χ1v) is 10.7. The largest absolute Gasteiger partial charge is 0.493 e. The fourth-order valence-corrected chi connectivity index (χ4v) is 3.53. The number of aryl methyl sites for hydroxylation is 1. The van der Waals surface area contributed by atoms with Crippen LogP contribution in [0.3, 0.4) is 0 Å². The maximum atomic E-state index is 12.4. The minimum Gasteiger partial charge on any atom is -0.493 e. The summed E-state index contributed by atoms with van der Waals surface area (Å²) in [4.78, 5) is 31.5. The number of anilines is 1. The van der Waals surface area contributed by atoms with E-state index in [1.54, 1.807) is 0 Å². The van der Waals surface area contributed by atoms with Crippen LogP contribution in [0.2, 0.25) is 0 Å². The van der Waals surface area contributed by atoms with Crippen molar-refractivity contribution in [3.8, 4) is 17.1 Å². The topological polar surface area (TPSA) is 84.1 Å². The predicted octanol–water partition coefficient (Wildman–Crippen LogP) is 4.95. The molecule has 162 valence electrons. The highest BCUT2D eigenvalue weighted by atomic mass is 16.5. The monoisotopic (exact) mass is 427 g/mol. The summed E-state index contributed by atoms with van der Waals surface area (Å²) in [6.07, 6.45) is 1.62. The maximum absolute atomic E-state index is 12.4. The number of carbonyl (C=O) groups is 1. The van der Waals surface area contributed by atoms with Gasteiger partial charge in [-0.3, -0.25) is 9.59 Å². The summed E-state index contributed by atoms with van der Waals surface area (Å²) in [6, 6.07) is 22.8. The highest BCUT2D eigenvalue weighted by Crippen LogP contribution is 2.25. The van der Waals surface area contributed by atoms with Crippen LogP contribution in [-0.4, -0.2) is 22.5 Å². The Kier molecular flexibility index (Phi) is 6.60. The molecule has 0 aliphatic heterocycles. The van der Waals surface area contributed by atoms with Crippen molar-refractivity contribution in [1.29, 1.82) is 0 Å². The van der Waals surface area contributed by atoms with Crippen LogP contribution >= 0.6 is 0 Å². The SMILES string of the molecule is CCc1cc(=O)[nH]c(-c2cccc(NC(=O)CCCOc3cccc4ccccc34)c2)n1. The number of hydrogen-bond acceptors (Lipinski definition) is 4. The van der Waals surface area contributed by atoms with Gasteiger partial charge in [-0.25, -0.2) is 4.98 Å². The number of hydrogen-bond donors (Lipinski definition) is 2. The average molecular weight is 428 g/mol. The van der Waals surface area contributed by atoms with Crippen molar-refractivity contribution in [2.45, 2.75) is 26.2 Å². The normalized spacial score (nSPS) is 10.8. The molecular formula is C26H25N3O3. The van der Waals surface area contributed by atoms with Gasteiger partial charge in [0.15, 0.2) is 0 Å². The van der Waals surface area contributed by atoms with Gasteiger partial charge in [-0.2, -0.15) is 0 Å². The molecule has 0 aliphatic carbocycles. The van der Waals surface area contributed by atoms with Crippen molar-refractivity contribution in [3.63, 3.8) is 0 Å². The van der Waals surface area contributed by atoms with Gasteiger partial charge in [0, 0.05) is 34.8 Å². The minimum absolute atomic E-state index is 0.0903. The highest BCUT2D eigenvalue weighted by molar-refractivity contribution is 5.91. The van der Waals surface area contributed by atoms with Crippen molar-refractivity contribution in [2.24, 2.45) is 0 Å². The molecule has 2 N–H and O–H groups in total. The van der Waals surface area contributed by atoms with Crippen LogP contribution < -0.4 is 15.6 Å². The van der Waals surface area contributed by atoms with E-state index >= 15 is 0 Å². The van der Waals surface area contributed by atoms with Gasteiger partial charge in [-0.1, -0.05) is 55.5 Å². The van der Waals surface area contributed by atoms with E-state index in [4.69, 9.17) is 4.74 Å². The number of rotatable bonds is 8. The Morgan fingerprint density at radius 1 is 1.03 bits per heavy atom. The molecule has 1 heterocycles. The number of nitrogens with zero attached hydrogens (tertiary/aromatic N) is 1. The summed E-state index contributed by atoms with van der Waals surface area (Å²) in [5, 5.41) is 5.10. The molecule has 0 unspecified atom stereocenters. The Labute approximate surface area is 186 Å². The second-order valence-electron chi connectivity index (χ2n) is 7.50. The molecule has 4 rings (SSSR count). The molecule has 6 heteroatoms. The molecular weight excluding hydrogens is 402 g/mol. The van der Waals surface area contributed by atoms with E-state index in [1.165, 1.54) is 6.07 Å². The summed E-state index contributed by atoms with van der Waals surface area (Å²) in [5.74, 6) is 1.23. The number of carbonyl (C=O) groups excluding carboxylic acids is 1. The molecule has 0 radical (unpaired) electrons. The van der Waals surface area contributed by atoms with E-state index in [2.05, 4.69) is 15.3 Å². The number of amides is 1. The first kappa shape index (κ1) is 21.3. The lowest BCUT2D eigenvalue weighted by Gasteiger charge is -2.10. The summed E-state index contributed by atoms with van der Waals surface area (Å²) >= 11 is 0. The molecule has 0 fully saturated rings. The first-order chi connectivity index (χ1) is 15.6. The lowest BCUT2D eigenvalue weighted by molar-refractivity contribution is -0.116. The Bertz CT molecular complexity index is 1290. The van der Waals surface area contributed by atoms with Gasteiger partial charge in [0.2, 0.25) is 5.91 Å². The van der Waals surface area contributed by atoms with Gasteiger partial charge >= 0.3 is 0 Å². The van der Waals surface area contributed by atoms with Crippen LogP contribution in [0.4, 0.5) is 5.69 Å². The van der Waals surface area contributed by atoms with E-state index < -0.39 is 0 Å². The summed E-state index contributed by atoms with van der Waals surface area (Å²) in [5.41, 5.74) is 1.94. The Balaban J connectivity index is 1.33. The van der Waals surface area contributed by atoms with E-state index in [1.807, 2.05) is 73.7 Å². The molecule has 0 aliphatic rings. The number of benzene rings is 3. The summed E-state index contributed by atoms with van der Waals surface area (Å²) in [7, 11) is 0. The third-order valence-corrected chi connectivity index (χ3v) is 5.13. The third-order valence-electron chi connectivity index (χ3n) is 5.13. The minimum atomic E-state index is -0.188. The van der Waals surface area contributed by atoms with Crippen molar-refractivity contribution in [3.05, 3.63) is 88.8 Å². The van der Waals surface area contributed by atoms with Crippen molar-refractivity contribution in [2.75, 3.05) is 11.9 Å². The van der Waals surface area contributed by atoms with E-state index in [9.17, 15) is 9.59 Å². The number of aromatic nitrogens is 2. The number of nitrogens with one attached hydrogen (secondary N) is 2.